The van der Waals surface area contributed by atoms with Gasteiger partial charge in [0, 0.05) is 13.1 Å². The van der Waals surface area contributed by atoms with Crippen molar-refractivity contribution in [1.82, 2.24) is 4.90 Å². The molecule has 1 fully saturated rings. The Labute approximate surface area is 85.7 Å². The van der Waals surface area contributed by atoms with Crippen molar-refractivity contribution in [3.63, 3.8) is 0 Å². The molecular weight excluding hydrogens is 197 g/mol. The van der Waals surface area contributed by atoms with Crippen LogP contribution in [0, 0.1) is 17.4 Å². The van der Waals surface area contributed by atoms with Crippen molar-refractivity contribution in [3.8, 4) is 6.19 Å². The van der Waals surface area contributed by atoms with E-state index in [1.165, 1.54) is 0 Å². The van der Waals surface area contributed by atoms with E-state index in [4.69, 9.17) is 11.0 Å². The van der Waals surface area contributed by atoms with Gasteiger partial charge in [-0.1, -0.05) is 0 Å². The van der Waals surface area contributed by atoms with Crippen molar-refractivity contribution in [1.29, 1.82) is 5.26 Å². The van der Waals surface area contributed by atoms with E-state index in [2.05, 4.69) is 6.19 Å². The topological polar surface area (TPSA) is 53.0 Å². The summed E-state index contributed by atoms with van der Waals surface area (Å²) < 4.78 is 0. The van der Waals surface area contributed by atoms with Crippen LogP contribution >= 0.6 is 24.8 Å². The van der Waals surface area contributed by atoms with E-state index in [-0.39, 0.29) is 24.8 Å². The maximum atomic E-state index is 8.49. The molecule has 1 rings (SSSR count). The lowest BCUT2D eigenvalue weighted by Crippen LogP contribution is -2.32. The molecule has 0 amide bonds. The smallest absolute Gasteiger partial charge is 0.179 e. The first kappa shape index (κ1) is 14.4. The number of halogens is 2. The van der Waals surface area contributed by atoms with Crippen LogP contribution in [0.25, 0.3) is 0 Å². The third-order valence-electron chi connectivity index (χ3n) is 2.09. The Morgan fingerprint density at radius 3 is 2.17 bits per heavy atom. The predicted octanol–water partition coefficient (Wildman–Crippen LogP) is 0.982. The molecule has 0 aromatic rings. The van der Waals surface area contributed by atoms with Crippen LogP contribution in [-0.2, 0) is 0 Å². The van der Waals surface area contributed by atoms with Crippen molar-refractivity contribution < 1.29 is 0 Å². The maximum Gasteiger partial charge on any atom is 0.179 e. The molecule has 0 unspecified atom stereocenters. The molecule has 0 aromatic carbocycles. The minimum absolute atomic E-state index is 0. The van der Waals surface area contributed by atoms with Gasteiger partial charge in [-0.2, -0.15) is 5.26 Å². The normalized spacial score (nSPS) is 17.2. The molecule has 0 aliphatic carbocycles. The standard InChI is InChI=1S/C7H13N3.2ClH/c8-5-7-1-3-10(6-9)4-2-7;;/h7H,1-5,8H2;2*1H. The number of likely N-dealkylation sites (tertiary alicyclic amines) is 1. The zero-order valence-electron chi connectivity index (χ0n) is 6.90. The molecule has 0 bridgehead atoms. The zero-order valence-corrected chi connectivity index (χ0v) is 8.53. The molecule has 0 aromatic heterocycles. The third-order valence-corrected chi connectivity index (χ3v) is 2.09. The Hall–Kier alpha value is -0.170. The fourth-order valence-electron chi connectivity index (χ4n) is 1.27. The second-order valence-corrected chi connectivity index (χ2v) is 2.77. The first-order valence-corrected chi connectivity index (χ1v) is 3.71. The molecule has 2 N–H and O–H groups in total. The van der Waals surface area contributed by atoms with Crippen molar-refractivity contribution in [3.05, 3.63) is 0 Å². The first-order valence-electron chi connectivity index (χ1n) is 3.71. The van der Waals surface area contributed by atoms with Crippen molar-refractivity contribution in [2.75, 3.05) is 19.6 Å². The van der Waals surface area contributed by atoms with Gasteiger partial charge >= 0.3 is 0 Å². The highest BCUT2D eigenvalue weighted by Gasteiger charge is 2.15. The van der Waals surface area contributed by atoms with Gasteiger partial charge in [0.15, 0.2) is 6.19 Å². The lowest BCUT2D eigenvalue weighted by atomic mass is 9.98. The van der Waals surface area contributed by atoms with Crippen LogP contribution in [0.2, 0.25) is 0 Å². The van der Waals surface area contributed by atoms with E-state index >= 15 is 0 Å². The van der Waals surface area contributed by atoms with E-state index in [1.807, 2.05) is 0 Å². The molecule has 0 atom stereocenters. The molecule has 0 saturated carbocycles. The van der Waals surface area contributed by atoms with Crippen molar-refractivity contribution >= 4 is 24.8 Å². The number of hydrogen-bond acceptors (Lipinski definition) is 3. The van der Waals surface area contributed by atoms with Crippen molar-refractivity contribution in [2.24, 2.45) is 11.7 Å². The van der Waals surface area contributed by atoms with Gasteiger partial charge in [-0.25, -0.2) is 0 Å². The summed E-state index contributed by atoms with van der Waals surface area (Å²) in [6.07, 6.45) is 4.32. The summed E-state index contributed by atoms with van der Waals surface area (Å²) in [5.41, 5.74) is 5.49. The van der Waals surface area contributed by atoms with Crippen molar-refractivity contribution in [2.45, 2.75) is 12.8 Å². The largest absolute Gasteiger partial charge is 0.330 e. The summed E-state index contributed by atoms with van der Waals surface area (Å²) in [6, 6.07) is 0. The van der Waals surface area contributed by atoms with Gasteiger partial charge in [0.05, 0.1) is 0 Å². The lowest BCUT2D eigenvalue weighted by molar-refractivity contribution is 0.256. The highest BCUT2D eigenvalue weighted by molar-refractivity contribution is 5.85. The van der Waals surface area contributed by atoms with E-state index < -0.39 is 0 Å². The minimum Gasteiger partial charge on any atom is -0.330 e. The fourth-order valence-corrected chi connectivity index (χ4v) is 1.27. The quantitative estimate of drug-likeness (QED) is 0.659. The number of nitrogens with two attached hydrogens (primary N) is 1. The van der Waals surface area contributed by atoms with E-state index in [9.17, 15) is 0 Å². The fraction of sp³-hybridized carbons (Fsp3) is 0.857. The number of rotatable bonds is 1. The van der Waals surface area contributed by atoms with Crippen LogP contribution in [-0.4, -0.2) is 24.5 Å². The molecule has 1 heterocycles. The molecule has 1 aliphatic heterocycles. The van der Waals surface area contributed by atoms with Crippen LogP contribution in [0.4, 0.5) is 0 Å². The lowest BCUT2D eigenvalue weighted by Gasteiger charge is -2.26. The van der Waals surface area contributed by atoms with Gasteiger partial charge in [-0.3, -0.25) is 0 Å². The Morgan fingerprint density at radius 1 is 1.33 bits per heavy atom. The molecule has 0 spiro atoms. The van der Waals surface area contributed by atoms with Gasteiger partial charge in [-0.15, -0.1) is 24.8 Å². The highest BCUT2D eigenvalue weighted by atomic mass is 35.5. The molecule has 0 radical (unpaired) electrons. The minimum atomic E-state index is 0. The third kappa shape index (κ3) is 4.01. The molecule has 72 valence electrons. The second-order valence-electron chi connectivity index (χ2n) is 2.77. The number of nitrogens with zero attached hydrogens (tertiary/aromatic N) is 2. The summed E-state index contributed by atoms with van der Waals surface area (Å²) in [4.78, 5) is 1.80. The molecule has 1 saturated heterocycles. The molecule has 1 aliphatic rings. The first-order chi connectivity index (χ1) is 4.86. The van der Waals surface area contributed by atoms with Gasteiger partial charge in [0.2, 0.25) is 0 Å². The van der Waals surface area contributed by atoms with Crippen LogP contribution in [0.1, 0.15) is 12.8 Å². The summed E-state index contributed by atoms with van der Waals surface area (Å²) in [7, 11) is 0. The maximum absolute atomic E-state index is 8.49. The highest BCUT2D eigenvalue weighted by Crippen LogP contribution is 2.14. The summed E-state index contributed by atoms with van der Waals surface area (Å²) in [5.74, 6) is 0.657. The SMILES string of the molecule is Cl.Cl.N#CN1CCC(CN)CC1. The summed E-state index contributed by atoms with van der Waals surface area (Å²) in [6.45, 7) is 2.58. The molecular formula is C7H15Cl2N3. The van der Waals surface area contributed by atoms with E-state index in [0.29, 0.717) is 5.92 Å². The molecule has 12 heavy (non-hydrogen) atoms. The number of hydrogen-bond donors (Lipinski definition) is 1. The van der Waals surface area contributed by atoms with Gasteiger partial charge in [0.1, 0.15) is 0 Å². The van der Waals surface area contributed by atoms with Gasteiger partial charge in [-0.05, 0) is 25.3 Å². The second kappa shape index (κ2) is 7.48. The van der Waals surface area contributed by atoms with Crippen LogP contribution in [0.15, 0.2) is 0 Å². The van der Waals surface area contributed by atoms with Crippen LogP contribution in [0.5, 0.6) is 0 Å². The zero-order chi connectivity index (χ0) is 7.40. The summed E-state index contributed by atoms with van der Waals surface area (Å²) >= 11 is 0. The number of nitriles is 1. The van der Waals surface area contributed by atoms with E-state index in [1.54, 1.807) is 4.90 Å². The molecule has 3 nitrogen and oxygen atoms in total. The van der Waals surface area contributed by atoms with Crippen LogP contribution in [0.3, 0.4) is 0 Å². The van der Waals surface area contributed by atoms with Gasteiger partial charge < -0.3 is 10.6 Å². The number of piperidine rings is 1. The predicted molar refractivity (Wildman–Crippen MR) is 53.5 cm³/mol. The van der Waals surface area contributed by atoms with Gasteiger partial charge in [0.25, 0.3) is 0 Å². The average Bonchev–Trinajstić information content (AvgIpc) is 2.05. The Morgan fingerprint density at radius 2 is 1.83 bits per heavy atom. The monoisotopic (exact) mass is 211 g/mol. The van der Waals surface area contributed by atoms with Crippen LogP contribution < -0.4 is 5.73 Å². The molecule has 5 heteroatoms. The Balaban J connectivity index is 0. The average molecular weight is 212 g/mol. The van der Waals surface area contributed by atoms with E-state index in [0.717, 1.165) is 32.5 Å². The Bertz CT molecular complexity index is 138. The summed E-state index contributed by atoms with van der Waals surface area (Å²) in [5, 5.41) is 8.49. The Kier molecular flexibility index (Phi) is 8.95.